The number of hydrogen-bond acceptors (Lipinski definition) is 4. The average molecular weight is 415 g/mol. The van der Waals surface area contributed by atoms with Crippen LogP contribution in [0, 0.1) is 0 Å². The molecule has 3 aromatic rings. The molecule has 0 spiro atoms. The largest absolute Gasteiger partial charge is 0.312 e. The number of allylic oxidation sites excluding steroid dienone is 1. The first-order valence-corrected chi connectivity index (χ1v) is 10.2. The van der Waals surface area contributed by atoms with E-state index in [4.69, 9.17) is 0 Å². The van der Waals surface area contributed by atoms with Gasteiger partial charge in [-0.3, -0.25) is 0 Å². The molecule has 1 aromatic carbocycles. The Hall–Kier alpha value is -1.22. The second-order valence-electron chi connectivity index (χ2n) is 4.39. The number of sulfonamides is 1. The first-order valence-electron chi connectivity index (χ1n) is 6.25. The van der Waals surface area contributed by atoms with Crippen molar-refractivity contribution in [1.82, 2.24) is 4.57 Å². The standard InChI is InChI=1S/C14H11BrN2O2S3/c1-2-7-17-11-6-5-10(15)9-12(11)21-14(17)16-22(18,19)13-4-3-8-20-13/h2-6,8-9H,1,7H2. The molecule has 0 aliphatic carbocycles. The van der Waals surface area contributed by atoms with Crippen LogP contribution < -0.4 is 4.80 Å². The van der Waals surface area contributed by atoms with Gasteiger partial charge in [0.25, 0.3) is 10.0 Å². The molecule has 4 nitrogen and oxygen atoms in total. The molecular weight excluding hydrogens is 404 g/mol. The number of thiophene rings is 1. The number of hydrogen-bond donors (Lipinski definition) is 0. The van der Waals surface area contributed by atoms with Crippen LogP contribution in [0.4, 0.5) is 0 Å². The summed E-state index contributed by atoms with van der Waals surface area (Å²) in [6, 6.07) is 9.08. The van der Waals surface area contributed by atoms with Crippen molar-refractivity contribution in [3.8, 4) is 0 Å². The Morgan fingerprint density at radius 3 is 2.86 bits per heavy atom. The van der Waals surface area contributed by atoms with Gasteiger partial charge in [0.05, 0.1) is 10.2 Å². The van der Waals surface area contributed by atoms with Crippen molar-refractivity contribution in [3.63, 3.8) is 0 Å². The third-order valence-corrected chi connectivity index (χ3v) is 7.19. The molecule has 0 saturated carbocycles. The minimum atomic E-state index is -3.68. The van der Waals surface area contributed by atoms with Gasteiger partial charge in [-0.15, -0.1) is 22.3 Å². The Morgan fingerprint density at radius 1 is 1.36 bits per heavy atom. The number of halogens is 1. The number of nitrogens with zero attached hydrogens (tertiary/aromatic N) is 2. The molecule has 0 aliphatic heterocycles. The van der Waals surface area contributed by atoms with E-state index >= 15 is 0 Å². The zero-order chi connectivity index (χ0) is 15.7. The highest BCUT2D eigenvalue weighted by molar-refractivity contribution is 9.10. The molecular formula is C14H11BrN2O2S3. The summed E-state index contributed by atoms with van der Waals surface area (Å²) < 4.78 is 32.8. The second-order valence-corrected chi connectivity index (χ2v) is 9.10. The van der Waals surface area contributed by atoms with Crippen molar-refractivity contribution in [2.24, 2.45) is 4.40 Å². The minimum Gasteiger partial charge on any atom is -0.312 e. The van der Waals surface area contributed by atoms with Gasteiger partial charge in [0.2, 0.25) is 4.80 Å². The van der Waals surface area contributed by atoms with Crippen molar-refractivity contribution in [1.29, 1.82) is 0 Å². The molecule has 0 radical (unpaired) electrons. The molecule has 0 saturated heterocycles. The topological polar surface area (TPSA) is 51.4 Å². The Morgan fingerprint density at radius 2 is 2.18 bits per heavy atom. The van der Waals surface area contributed by atoms with Gasteiger partial charge >= 0.3 is 0 Å². The Balaban J connectivity index is 2.28. The SMILES string of the molecule is C=CCn1c(=NS(=O)(=O)c2cccs2)sc2cc(Br)ccc21. The lowest BCUT2D eigenvalue weighted by Gasteiger charge is -2.01. The summed E-state index contributed by atoms with van der Waals surface area (Å²) in [6.45, 7) is 4.23. The Bertz CT molecular complexity index is 999. The lowest BCUT2D eigenvalue weighted by molar-refractivity contribution is 0.598. The van der Waals surface area contributed by atoms with Gasteiger partial charge in [-0.1, -0.05) is 39.4 Å². The summed E-state index contributed by atoms with van der Waals surface area (Å²) in [5.41, 5.74) is 0.938. The summed E-state index contributed by atoms with van der Waals surface area (Å²) in [6.07, 6.45) is 1.73. The van der Waals surface area contributed by atoms with E-state index in [0.29, 0.717) is 11.3 Å². The van der Waals surface area contributed by atoms with Crippen LogP contribution in [0.2, 0.25) is 0 Å². The van der Waals surface area contributed by atoms with Crippen molar-refractivity contribution < 1.29 is 8.42 Å². The minimum absolute atomic E-state index is 0.247. The maximum absolute atomic E-state index is 12.4. The summed E-state index contributed by atoms with van der Waals surface area (Å²) in [5, 5.41) is 1.72. The van der Waals surface area contributed by atoms with E-state index < -0.39 is 10.0 Å². The van der Waals surface area contributed by atoms with Gasteiger partial charge in [0, 0.05) is 11.0 Å². The van der Waals surface area contributed by atoms with E-state index in [-0.39, 0.29) is 4.21 Å². The van der Waals surface area contributed by atoms with E-state index in [1.165, 1.54) is 11.3 Å². The smallest absolute Gasteiger partial charge is 0.294 e. The quantitative estimate of drug-likeness (QED) is 0.605. The zero-order valence-electron chi connectivity index (χ0n) is 11.3. The van der Waals surface area contributed by atoms with Gasteiger partial charge in [0.15, 0.2) is 0 Å². The molecule has 0 aliphatic rings. The summed E-state index contributed by atoms with van der Waals surface area (Å²) in [7, 11) is -3.68. The fourth-order valence-electron chi connectivity index (χ4n) is 1.98. The van der Waals surface area contributed by atoms with Crippen LogP contribution >= 0.6 is 38.6 Å². The molecule has 2 aromatic heterocycles. The average Bonchev–Trinajstić information content (AvgIpc) is 3.08. The van der Waals surface area contributed by atoms with E-state index in [9.17, 15) is 8.42 Å². The molecule has 22 heavy (non-hydrogen) atoms. The van der Waals surface area contributed by atoms with Gasteiger partial charge in [-0.05, 0) is 29.6 Å². The van der Waals surface area contributed by atoms with E-state index in [2.05, 4.69) is 26.9 Å². The highest BCUT2D eigenvalue weighted by Crippen LogP contribution is 2.23. The first-order chi connectivity index (χ1) is 10.5. The Kier molecular flexibility index (Phi) is 4.35. The maximum Gasteiger partial charge on any atom is 0.294 e. The molecule has 0 amide bonds. The van der Waals surface area contributed by atoms with Crippen molar-refractivity contribution in [3.05, 3.63) is 57.6 Å². The third kappa shape index (κ3) is 2.96. The lowest BCUT2D eigenvalue weighted by atomic mass is 10.3. The van der Waals surface area contributed by atoms with Crippen molar-refractivity contribution in [2.75, 3.05) is 0 Å². The summed E-state index contributed by atoms with van der Waals surface area (Å²) >= 11 is 5.94. The van der Waals surface area contributed by atoms with Gasteiger partial charge < -0.3 is 4.57 Å². The normalized spacial score (nSPS) is 12.9. The van der Waals surface area contributed by atoms with Crippen LogP contribution in [-0.2, 0) is 16.6 Å². The zero-order valence-corrected chi connectivity index (χ0v) is 15.3. The predicted molar refractivity (Wildman–Crippen MR) is 94.8 cm³/mol. The maximum atomic E-state index is 12.4. The highest BCUT2D eigenvalue weighted by Gasteiger charge is 2.15. The van der Waals surface area contributed by atoms with Gasteiger partial charge in [-0.2, -0.15) is 8.42 Å². The van der Waals surface area contributed by atoms with Crippen molar-refractivity contribution in [2.45, 2.75) is 10.8 Å². The molecule has 0 N–H and O–H groups in total. The van der Waals surface area contributed by atoms with E-state index in [1.807, 2.05) is 22.8 Å². The van der Waals surface area contributed by atoms with E-state index in [0.717, 1.165) is 26.0 Å². The molecule has 0 atom stereocenters. The highest BCUT2D eigenvalue weighted by atomic mass is 79.9. The number of fused-ring (bicyclic) bond motifs is 1. The van der Waals surface area contributed by atoms with E-state index in [1.54, 1.807) is 23.6 Å². The van der Waals surface area contributed by atoms with Crippen LogP contribution in [0.5, 0.6) is 0 Å². The molecule has 3 rings (SSSR count). The fraction of sp³-hybridized carbons (Fsp3) is 0.0714. The number of thiazole rings is 1. The molecule has 8 heteroatoms. The number of rotatable bonds is 4. The molecule has 114 valence electrons. The monoisotopic (exact) mass is 414 g/mol. The van der Waals surface area contributed by atoms with Gasteiger partial charge in [0.1, 0.15) is 4.21 Å². The van der Waals surface area contributed by atoms with Gasteiger partial charge in [-0.25, -0.2) is 0 Å². The van der Waals surface area contributed by atoms with Crippen LogP contribution in [0.3, 0.4) is 0 Å². The predicted octanol–water partition coefficient (Wildman–Crippen LogP) is 4.00. The number of aromatic nitrogens is 1. The number of benzene rings is 1. The summed E-state index contributed by atoms with van der Waals surface area (Å²) in [5.74, 6) is 0. The fourth-order valence-corrected chi connectivity index (χ4v) is 5.74. The van der Waals surface area contributed by atoms with Crippen molar-refractivity contribution >= 4 is 58.8 Å². The van der Waals surface area contributed by atoms with Crippen LogP contribution in [0.1, 0.15) is 0 Å². The molecule has 0 fully saturated rings. The molecule has 0 bridgehead atoms. The summed E-state index contributed by atoms with van der Waals surface area (Å²) in [4.78, 5) is 0.446. The second kappa shape index (κ2) is 6.11. The first kappa shape index (κ1) is 15.7. The Labute approximate surface area is 144 Å². The van der Waals surface area contributed by atoms with Crippen LogP contribution in [-0.4, -0.2) is 13.0 Å². The van der Waals surface area contributed by atoms with Crippen LogP contribution in [0.15, 0.2) is 61.4 Å². The lowest BCUT2D eigenvalue weighted by Crippen LogP contribution is -2.16. The molecule has 2 heterocycles. The van der Waals surface area contributed by atoms with Crippen LogP contribution in [0.25, 0.3) is 10.2 Å². The molecule has 0 unspecified atom stereocenters. The third-order valence-electron chi connectivity index (χ3n) is 2.90.